The number of benzene rings is 3. The van der Waals surface area contributed by atoms with Crippen LogP contribution in [-0.4, -0.2) is 34.1 Å². The van der Waals surface area contributed by atoms with E-state index in [1.54, 1.807) is 37.3 Å². The lowest BCUT2D eigenvalue weighted by atomic mass is 10.2. The second kappa shape index (κ2) is 12.2. The van der Waals surface area contributed by atoms with Crippen LogP contribution in [-0.2, 0) is 27.5 Å². The van der Waals surface area contributed by atoms with Gasteiger partial charge in [0, 0.05) is 6.54 Å². The minimum absolute atomic E-state index is 0.00396. The van der Waals surface area contributed by atoms with Gasteiger partial charge in [-0.05, 0) is 68.8 Å². The lowest BCUT2D eigenvalue weighted by Crippen LogP contribution is -2.40. The van der Waals surface area contributed by atoms with Crippen LogP contribution in [0.4, 0.5) is 18.9 Å². The summed E-state index contributed by atoms with van der Waals surface area (Å²) >= 11 is 5.73. The predicted molar refractivity (Wildman–Crippen MR) is 143 cm³/mol. The number of nitrogens with zero attached hydrogens (tertiary/aromatic N) is 1. The molecule has 0 saturated carbocycles. The van der Waals surface area contributed by atoms with Crippen LogP contribution in [0.3, 0.4) is 0 Å². The molecule has 0 bridgehead atoms. The molecule has 0 aliphatic rings. The normalized spacial score (nSPS) is 11.8. The number of hydrogen-bond acceptors (Lipinski definition) is 5. The first-order valence-electron chi connectivity index (χ1n) is 11.8. The molecule has 7 nitrogen and oxygen atoms in total. The smallest absolute Gasteiger partial charge is 0.417 e. The van der Waals surface area contributed by atoms with E-state index in [0.29, 0.717) is 27.4 Å². The fourth-order valence-electron chi connectivity index (χ4n) is 3.60. The van der Waals surface area contributed by atoms with Crippen LogP contribution in [0, 0.1) is 6.92 Å². The van der Waals surface area contributed by atoms with Gasteiger partial charge in [0.1, 0.15) is 6.54 Å². The summed E-state index contributed by atoms with van der Waals surface area (Å²) in [7, 11) is -2.95. The summed E-state index contributed by atoms with van der Waals surface area (Å²) < 4.78 is 79.3. The number of carbonyl (C=O) groups is 1. The Balaban J connectivity index is 1.91. The number of ether oxygens (including phenoxy) is 2. The van der Waals surface area contributed by atoms with Gasteiger partial charge < -0.3 is 14.8 Å². The van der Waals surface area contributed by atoms with E-state index in [1.807, 2.05) is 13.8 Å². The Morgan fingerprint density at radius 3 is 2.28 bits per heavy atom. The van der Waals surface area contributed by atoms with Gasteiger partial charge in [0.25, 0.3) is 10.0 Å². The van der Waals surface area contributed by atoms with Crippen molar-refractivity contribution in [2.45, 2.75) is 44.5 Å². The number of rotatable bonds is 10. The summed E-state index contributed by atoms with van der Waals surface area (Å²) in [6, 6.07) is 13.5. The van der Waals surface area contributed by atoms with E-state index in [0.717, 1.165) is 17.7 Å². The third kappa shape index (κ3) is 7.57. The minimum atomic E-state index is -4.83. The van der Waals surface area contributed by atoms with Gasteiger partial charge in [0.2, 0.25) is 5.91 Å². The van der Waals surface area contributed by atoms with Crippen molar-refractivity contribution < 1.29 is 35.9 Å². The van der Waals surface area contributed by atoms with Crippen molar-refractivity contribution in [3.8, 4) is 11.5 Å². The molecule has 0 aliphatic heterocycles. The molecular weight excluding hydrogens is 557 g/mol. The highest BCUT2D eigenvalue weighted by molar-refractivity contribution is 7.92. The Morgan fingerprint density at radius 2 is 1.69 bits per heavy atom. The molecule has 3 aromatic rings. The van der Waals surface area contributed by atoms with Crippen molar-refractivity contribution in [3.05, 3.63) is 82.4 Å². The molecule has 0 saturated heterocycles. The number of nitrogens with one attached hydrogen (secondary N) is 1. The van der Waals surface area contributed by atoms with E-state index in [9.17, 15) is 26.4 Å². The molecule has 1 amide bonds. The molecule has 0 fully saturated rings. The summed E-state index contributed by atoms with van der Waals surface area (Å²) in [5, 5.41) is 2.01. The SMILES string of the molecule is COc1cc(CNC(=O)CN(c2ccc(Cl)c(C(F)(F)F)c2)S(=O)(=O)c2ccc(C)cc2)ccc1OC(C)C. The molecule has 0 atom stereocenters. The molecule has 3 aromatic carbocycles. The number of hydrogen-bond donors (Lipinski definition) is 1. The van der Waals surface area contributed by atoms with E-state index in [-0.39, 0.29) is 23.2 Å². The third-order valence-corrected chi connectivity index (χ3v) is 7.64. The highest BCUT2D eigenvalue weighted by Crippen LogP contribution is 2.38. The molecular formula is C27H28ClF3N2O5S. The average molecular weight is 585 g/mol. The van der Waals surface area contributed by atoms with E-state index in [1.165, 1.54) is 19.2 Å². The fraction of sp³-hybridized carbons (Fsp3) is 0.296. The summed E-state index contributed by atoms with van der Waals surface area (Å²) in [6.45, 7) is 4.71. The van der Waals surface area contributed by atoms with Gasteiger partial charge in [0.05, 0.1) is 34.4 Å². The Bertz CT molecular complexity index is 1430. The Hall–Kier alpha value is -3.44. The van der Waals surface area contributed by atoms with Gasteiger partial charge >= 0.3 is 6.18 Å². The van der Waals surface area contributed by atoms with Crippen LogP contribution < -0.4 is 19.1 Å². The first-order chi connectivity index (χ1) is 18.2. The number of alkyl halides is 3. The molecule has 39 heavy (non-hydrogen) atoms. The number of sulfonamides is 1. The number of carbonyl (C=O) groups excluding carboxylic acids is 1. The molecule has 0 heterocycles. The molecule has 0 aliphatic carbocycles. The number of aryl methyl sites for hydroxylation is 1. The topological polar surface area (TPSA) is 84.9 Å². The van der Waals surface area contributed by atoms with Gasteiger partial charge in [-0.25, -0.2) is 8.42 Å². The van der Waals surface area contributed by atoms with Crippen LogP contribution in [0.25, 0.3) is 0 Å². The summed E-state index contributed by atoms with van der Waals surface area (Å²) in [4.78, 5) is 12.7. The predicted octanol–water partition coefficient (Wildman–Crippen LogP) is 5.97. The van der Waals surface area contributed by atoms with Crippen LogP contribution >= 0.6 is 11.6 Å². The number of methoxy groups -OCH3 is 1. The van der Waals surface area contributed by atoms with Gasteiger partial charge in [-0.15, -0.1) is 0 Å². The molecule has 0 unspecified atom stereocenters. The zero-order valence-electron chi connectivity index (χ0n) is 21.7. The maximum Gasteiger partial charge on any atom is 0.417 e. The van der Waals surface area contributed by atoms with Crippen molar-refractivity contribution in [2.24, 2.45) is 0 Å². The Kier molecular flexibility index (Phi) is 9.39. The van der Waals surface area contributed by atoms with Gasteiger partial charge in [-0.3, -0.25) is 9.10 Å². The second-order valence-corrected chi connectivity index (χ2v) is 11.2. The van der Waals surface area contributed by atoms with Crippen LogP contribution in [0.2, 0.25) is 5.02 Å². The largest absolute Gasteiger partial charge is 0.493 e. The molecule has 0 radical (unpaired) electrons. The minimum Gasteiger partial charge on any atom is -0.493 e. The van der Waals surface area contributed by atoms with Gasteiger partial charge in [-0.2, -0.15) is 13.2 Å². The average Bonchev–Trinajstić information content (AvgIpc) is 2.86. The highest BCUT2D eigenvalue weighted by atomic mass is 35.5. The van der Waals surface area contributed by atoms with Crippen molar-refractivity contribution in [1.82, 2.24) is 5.32 Å². The standard InChI is InChI=1S/C27H28ClF3N2O5S/c1-17(2)38-24-12-7-19(13-25(24)37-4)15-32-26(34)16-33(39(35,36)21-9-5-18(3)6-10-21)20-8-11-23(28)22(14-20)27(29,30)31/h5-14,17H,15-16H2,1-4H3,(H,32,34). The number of anilines is 1. The quantitative estimate of drug-likeness (QED) is 0.317. The highest BCUT2D eigenvalue weighted by Gasteiger charge is 2.35. The monoisotopic (exact) mass is 584 g/mol. The first-order valence-corrected chi connectivity index (χ1v) is 13.6. The van der Waals surface area contributed by atoms with Crippen LogP contribution in [0.1, 0.15) is 30.5 Å². The van der Waals surface area contributed by atoms with Crippen molar-refractivity contribution >= 4 is 33.2 Å². The lowest BCUT2D eigenvalue weighted by molar-refractivity contribution is -0.137. The first kappa shape index (κ1) is 30.1. The fourth-order valence-corrected chi connectivity index (χ4v) is 5.24. The van der Waals surface area contributed by atoms with Crippen molar-refractivity contribution in [3.63, 3.8) is 0 Å². The van der Waals surface area contributed by atoms with E-state index < -0.39 is 39.2 Å². The summed E-state index contributed by atoms with van der Waals surface area (Å²) in [5.41, 5.74) is -0.166. The Labute approximate surface area is 230 Å². The number of halogens is 4. The van der Waals surface area contributed by atoms with Gasteiger partial charge in [-0.1, -0.05) is 35.4 Å². The van der Waals surface area contributed by atoms with Crippen molar-refractivity contribution in [1.29, 1.82) is 0 Å². The second-order valence-electron chi connectivity index (χ2n) is 8.92. The van der Waals surface area contributed by atoms with Crippen molar-refractivity contribution in [2.75, 3.05) is 18.0 Å². The molecule has 1 N–H and O–H groups in total. The molecule has 0 aromatic heterocycles. The lowest BCUT2D eigenvalue weighted by Gasteiger charge is -2.25. The Morgan fingerprint density at radius 1 is 1.03 bits per heavy atom. The van der Waals surface area contributed by atoms with E-state index >= 15 is 0 Å². The maximum absolute atomic E-state index is 13.5. The zero-order valence-corrected chi connectivity index (χ0v) is 23.2. The third-order valence-electron chi connectivity index (χ3n) is 5.52. The molecule has 3 rings (SSSR count). The maximum atomic E-state index is 13.5. The van der Waals surface area contributed by atoms with Gasteiger partial charge in [0.15, 0.2) is 11.5 Å². The summed E-state index contributed by atoms with van der Waals surface area (Å²) in [5.74, 6) is 0.219. The summed E-state index contributed by atoms with van der Waals surface area (Å²) in [6.07, 6.45) is -4.92. The number of amides is 1. The van der Waals surface area contributed by atoms with E-state index in [4.69, 9.17) is 21.1 Å². The van der Waals surface area contributed by atoms with E-state index in [2.05, 4.69) is 5.32 Å². The zero-order chi connectivity index (χ0) is 29.0. The molecule has 210 valence electrons. The molecule has 12 heteroatoms. The van der Waals surface area contributed by atoms with Crippen LogP contribution in [0.15, 0.2) is 65.6 Å². The molecule has 0 spiro atoms. The van der Waals surface area contributed by atoms with Crippen LogP contribution in [0.5, 0.6) is 11.5 Å².